The van der Waals surface area contributed by atoms with Crippen LogP contribution in [0.3, 0.4) is 0 Å². The van der Waals surface area contributed by atoms with Gasteiger partial charge in [-0.1, -0.05) is 25.3 Å². The minimum absolute atomic E-state index is 0. The van der Waals surface area contributed by atoms with E-state index < -0.39 is 5.82 Å². The maximum atomic E-state index is 14.2. The number of hydrogen-bond donors (Lipinski definition) is 2. The topological polar surface area (TPSA) is 35.5 Å². The van der Waals surface area contributed by atoms with Gasteiger partial charge in [0.25, 0.3) is 0 Å². The number of hydrogen-bond acceptors (Lipinski definition) is 3. The second-order valence-corrected chi connectivity index (χ2v) is 7.28. The molecule has 2 fully saturated rings. The van der Waals surface area contributed by atoms with E-state index in [1.165, 1.54) is 32.1 Å². The normalized spacial score (nSPS) is 20.8. The van der Waals surface area contributed by atoms with Gasteiger partial charge >= 0.3 is 0 Å². The number of rotatable bonds is 3. The first-order chi connectivity index (χ1) is 10.7. The van der Waals surface area contributed by atoms with E-state index in [9.17, 15) is 9.50 Å². The van der Waals surface area contributed by atoms with Crippen LogP contribution >= 0.6 is 40.7 Å². The molecular weight excluding hydrogens is 418 g/mol. The van der Waals surface area contributed by atoms with Gasteiger partial charge in [-0.25, -0.2) is 4.39 Å². The molecule has 1 aliphatic heterocycles. The lowest BCUT2D eigenvalue weighted by molar-refractivity contribution is 0.101. The third-order valence-electron chi connectivity index (χ3n) is 5.06. The van der Waals surface area contributed by atoms with Crippen LogP contribution in [0.25, 0.3) is 0 Å². The highest BCUT2D eigenvalue weighted by Gasteiger charge is 2.33. The summed E-state index contributed by atoms with van der Waals surface area (Å²) in [5, 5.41) is 13.7. The molecule has 0 radical (unpaired) electrons. The second-order valence-electron chi connectivity index (χ2n) is 6.43. The van der Waals surface area contributed by atoms with Crippen molar-refractivity contribution in [1.82, 2.24) is 10.2 Å². The zero-order valence-corrected chi connectivity index (χ0v) is 16.9. The van der Waals surface area contributed by atoms with E-state index in [0.717, 1.165) is 31.7 Å². The Morgan fingerprint density at radius 1 is 1.12 bits per heavy atom. The van der Waals surface area contributed by atoms with Gasteiger partial charge in [-0.2, -0.15) is 0 Å². The lowest BCUT2D eigenvalue weighted by Crippen LogP contribution is -2.47. The number of nitrogens with one attached hydrogen (secondary N) is 1. The van der Waals surface area contributed by atoms with Gasteiger partial charge in [0.15, 0.2) is 11.6 Å². The highest BCUT2D eigenvalue weighted by Crippen LogP contribution is 2.43. The Balaban J connectivity index is 0.00000144. The van der Waals surface area contributed by atoms with Crippen molar-refractivity contribution in [3.05, 3.63) is 28.0 Å². The maximum absolute atomic E-state index is 14.2. The monoisotopic (exact) mass is 442 g/mol. The molecule has 3 rings (SSSR count). The predicted octanol–water partition coefficient (Wildman–Crippen LogP) is 4.66. The van der Waals surface area contributed by atoms with Crippen LogP contribution in [0, 0.1) is 11.7 Å². The van der Waals surface area contributed by atoms with Gasteiger partial charge in [0, 0.05) is 37.8 Å². The van der Waals surface area contributed by atoms with Crippen LogP contribution in [0.1, 0.15) is 43.7 Å². The standard InChI is InChI=1S/C17H24BrFN2O.2ClH/c18-14-7-6-13(17(22)15(14)19)16(12-4-2-1-3-5-12)21-10-8-20-9-11-21;;/h6-7,12,16,20,22H,1-5,8-11H2;2*1H/t16-;;/m0../s1. The van der Waals surface area contributed by atoms with E-state index >= 15 is 0 Å². The number of nitrogens with zero attached hydrogens (tertiary/aromatic N) is 1. The number of aromatic hydroxyl groups is 1. The van der Waals surface area contributed by atoms with Crippen LogP contribution in [0.4, 0.5) is 4.39 Å². The van der Waals surface area contributed by atoms with Crippen LogP contribution < -0.4 is 5.32 Å². The van der Waals surface area contributed by atoms with Crippen molar-refractivity contribution in [2.45, 2.75) is 38.1 Å². The Kier molecular flexibility index (Phi) is 9.31. The fourth-order valence-corrected chi connectivity index (χ4v) is 4.27. The molecule has 1 saturated heterocycles. The largest absolute Gasteiger partial charge is 0.505 e. The number of piperazine rings is 1. The molecule has 7 heteroatoms. The van der Waals surface area contributed by atoms with E-state index in [1.807, 2.05) is 6.07 Å². The molecule has 1 aromatic rings. The number of benzene rings is 1. The van der Waals surface area contributed by atoms with Crippen molar-refractivity contribution >= 4 is 40.7 Å². The lowest BCUT2D eigenvalue weighted by Gasteiger charge is -2.41. The fraction of sp³-hybridized carbons (Fsp3) is 0.647. The molecule has 1 saturated carbocycles. The number of phenols is 1. The highest BCUT2D eigenvalue weighted by atomic mass is 79.9. The minimum atomic E-state index is -0.534. The maximum Gasteiger partial charge on any atom is 0.179 e. The summed E-state index contributed by atoms with van der Waals surface area (Å²) in [6, 6.07) is 3.75. The predicted molar refractivity (Wildman–Crippen MR) is 104 cm³/mol. The Morgan fingerprint density at radius 3 is 2.38 bits per heavy atom. The lowest BCUT2D eigenvalue weighted by atomic mass is 9.80. The zero-order chi connectivity index (χ0) is 15.5. The molecule has 1 heterocycles. The summed E-state index contributed by atoms with van der Waals surface area (Å²) in [7, 11) is 0. The molecule has 3 nitrogen and oxygen atoms in total. The highest BCUT2D eigenvalue weighted by molar-refractivity contribution is 9.10. The zero-order valence-electron chi connectivity index (χ0n) is 13.6. The average molecular weight is 444 g/mol. The molecule has 0 amide bonds. The Morgan fingerprint density at radius 2 is 1.75 bits per heavy atom. The fourth-order valence-electron chi connectivity index (χ4n) is 3.95. The first-order valence-corrected chi connectivity index (χ1v) is 9.09. The molecular formula is C17H26BrCl2FN2O. The van der Waals surface area contributed by atoms with Gasteiger partial charge in [-0.05, 0) is 40.8 Å². The Hall–Kier alpha value is -0.0700. The summed E-state index contributed by atoms with van der Waals surface area (Å²) in [5.41, 5.74) is 0.759. The molecule has 0 bridgehead atoms. The third kappa shape index (κ3) is 4.76. The van der Waals surface area contributed by atoms with Gasteiger partial charge in [-0.3, -0.25) is 4.90 Å². The second kappa shape index (κ2) is 10.2. The quantitative estimate of drug-likeness (QED) is 0.712. The average Bonchev–Trinajstić information content (AvgIpc) is 2.57. The molecule has 1 aromatic carbocycles. The number of halogens is 4. The van der Waals surface area contributed by atoms with Crippen LogP contribution in [0.5, 0.6) is 5.75 Å². The summed E-state index contributed by atoms with van der Waals surface area (Å²) in [4.78, 5) is 2.43. The molecule has 0 aromatic heterocycles. The Labute approximate surface area is 164 Å². The van der Waals surface area contributed by atoms with Gasteiger partial charge in [0.1, 0.15) is 0 Å². The van der Waals surface area contributed by atoms with E-state index in [-0.39, 0.29) is 36.6 Å². The molecule has 138 valence electrons. The molecule has 1 atom stereocenters. The van der Waals surface area contributed by atoms with Crippen molar-refractivity contribution in [2.75, 3.05) is 26.2 Å². The van der Waals surface area contributed by atoms with Crippen LogP contribution in [0.2, 0.25) is 0 Å². The third-order valence-corrected chi connectivity index (χ3v) is 5.67. The minimum Gasteiger partial charge on any atom is -0.505 e. The smallest absolute Gasteiger partial charge is 0.179 e. The number of phenolic OH excluding ortho intramolecular Hbond substituents is 1. The van der Waals surface area contributed by atoms with Crippen LogP contribution in [-0.2, 0) is 0 Å². The molecule has 0 spiro atoms. The van der Waals surface area contributed by atoms with Crippen molar-refractivity contribution in [2.24, 2.45) is 5.92 Å². The van der Waals surface area contributed by atoms with Gasteiger partial charge < -0.3 is 10.4 Å². The van der Waals surface area contributed by atoms with Gasteiger partial charge in [0.05, 0.1) is 4.47 Å². The Bertz CT molecular complexity index is 506. The molecule has 2 aliphatic rings. The summed E-state index contributed by atoms with van der Waals surface area (Å²) in [6.07, 6.45) is 6.13. The van der Waals surface area contributed by atoms with Crippen molar-refractivity contribution in [3.63, 3.8) is 0 Å². The molecule has 2 N–H and O–H groups in total. The van der Waals surface area contributed by atoms with Crippen molar-refractivity contribution < 1.29 is 9.50 Å². The van der Waals surface area contributed by atoms with E-state index in [0.29, 0.717) is 10.4 Å². The molecule has 1 aliphatic carbocycles. The van der Waals surface area contributed by atoms with E-state index in [1.54, 1.807) is 6.07 Å². The van der Waals surface area contributed by atoms with Crippen molar-refractivity contribution in [1.29, 1.82) is 0 Å². The van der Waals surface area contributed by atoms with Crippen molar-refractivity contribution in [3.8, 4) is 5.75 Å². The SMILES string of the molecule is Cl.Cl.Oc1c([C@H](C2CCCCC2)N2CCNCC2)ccc(Br)c1F. The molecule has 24 heavy (non-hydrogen) atoms. The first kappa shape index (κ1) is 22.0. The first-order valence-electron chi connectivity index (χ1n) is 8.30. The van der Waals surface area contributed by atoms with E-state index in [4.69, 9.17) is 0 Å². The summed E-state index contributed by atoms with van der Waals surface area (Å²) in [6.45, 7) is 3.84. The van der Waals surface area contributed by atoms with Gasteiger partial charge in [-0.15, -0.1) is 24.8 Å². The van der Waals surface area contributed by atoms with E-state index in [2.05, 4.69) is 26.1 Å². The van der Waals surface area contributed by atoms with Crippen LogP contribution in [0.15, 0.2) is 16.6 Å². The molecule has 0 unspecified atom stereocenters. The summed E-state index contributed by atoms with van der Waals surface area (Å²) >= 11 is 3.16. The van der Waals surface area contributed by atoms with Gasteiger partial charge in [0.2, 0.25) is 0 Å². The van der Waals surface area contributed by atoms with Crippen LogP contribution in [-0.4, -0.2) is 36.2 Å². The summed E-state index contributed by atoms with van der Waals surface area (Å²) in [5.74, 6) is -0.199. The summed E-state index contributed by atoms with van der Waals surface area (Å²) < 4.78 is 14.5.